The third kappa shape index (κ3) is 2.61. The lowest BCUT2D eigenvalue weighted by Crippen LogP contribution is -2.20. The van der Waals surface area contributed by atoms with E-state index in [4.69, 9.17) is 0 Å². The van der Waals surface area contributed by atoms with Crippen LogP contribution < -0.4 is 0 Å². The first-order valence-electron chi connectivity index (χ1n) is 2.66. The second-order valence-corrected chi connectivity index (χ2v) is 1.90. The molecule has 0 saturated heterocycles. The van der Waals surface area contributed by atoms with Crippen molar-refractivity contribution in [2.45, 2.75) is 13.3 Å². The minimum Gasteiger partial charge on any atom is -0.349 e. The molecule has 0 rings (SSSR count). The van der Waals surface area contributed by atoms with Crippen molar-refractivity contribution < 1.29 is 4.79 Å². The quantitative estimate of drug-likeness (QED) is 0.517. The van der Waals surface area contributed by atoms with Crippen LogP contribution >= 0.6 is 0 Å². The van der Waals surface area contributed by atoms with Crippen molar-refractivity contribution in [3.8, 4) is 0 Å². The van der Waals surface area contributed by atoms with E-state index >= 15 is 0 Å². The Morgan fingerprint density at radius 1 is 1.62 bits per heavy atom. The largest absolute Gasteiger partial charge is 0.349 e. The van der Waals surface area contributed by atoms with Gasteiger partial charge in [0.25, 0.3) is 0 Å². The molecule has 0 heterocycles. The number of hydrogen-bond acceptors (Lipinski definition) is 1. The summed E-state index contributed by atoms with van der Waals surface area (Å²) < 4.78 is 0. The summed E-state index contributed by atoms with van der Waals surface area (Å²) in [6, 6.07) is 0. The molecule has 0 aliphatic rings. The molecule has 0 atom stereocenters. The van der Waals surface area contributed by atoms with Gasteiger partial charge in [0.2, 0.25) is 5.91 Å². The van der Waals surface area contributed by atoms with E-state index in [2.05, 4.69) is 0 Å². The maximum atomic E-state index is 10.6. The lowest BCUT2D eigenvalue weighted by atomic mass is 10.3. The van der Waals surface area contributed by atoms with E-state index in [1.165, 1.54) is 0 Å². The zero-order valence-corrected chi connectivity index (χ0v) is 5.64. The van der Waals surface area contributed by atoms with Crippen molar-refractivity contribution in [1.82, 2.24) is 4.90 Å². The van der Waals surface area contributed by atoms with Gasteiger partial charge in [-0.1, -0.05) is 6.92 Å². The van der Waals surface area contributed by atoms with Gasteiger partial charge in [-0.15, -0.1) is 0 Å². The molecule has 0 N–H and O–H groups in total. The molecule has 0 aliphatic carbocycles. The normalized spacial score (nSPS) is 8.88. The number of hydrogen-bond donors (Lipinski definition) is 0. The number of carbonyl (C=O) groups is 1. The maximum absolute atomic E-state index is 10.6. The van der Waals surface area contributed by atoms with Crippen LogP contribution in [0.4, 0.5) is 0 Å². The molecular weight excluding hydrogens is 102 g/mol. The highest BCUT2D eigenvalue weighted by atomic mass is 16.2. The summed E-state index contributed by atoms with van der Waals surface area (Å²) in [5.74, 6) is 0.160. The number of carbonyl (C=O) groups excluding carboxylic acids is 1. The highest BCUT2D eigenvalue weighted by molar-refractivity contribution is 5.76. The highest BCUT2D eigenvalue weighted by Gasteiger charge is 1.98. The zero-order valence-electron chi connectivity index (χ0n) is 5.64. The molecule has 0 saturated carbocycles. The molecule has 47 valence electrons. The topological polar surface area (TPSA) is 20.3 Å². The summed E-state index contributed by atoms with van der Waals surface area (Å²) in [5.41, 5.74) is 0. The van der Waals surface area contributed by atoms with Crippen molar-refractivity contribution in [3.05, 3.63) is 6.42 Å². The molecule has 0 aromatic rings. The Morgan fingerprint density at radius 3 is 2.25 bits per heavy atom. The van der Waals surface area contributed by atoms with Gasteiger partial charge in [-0.05, 0) is 6.42 Å². The molecule has 2 heteroatoms. The summed E-state index contributed by atoms with van der Waals surface area (Å²) in [6.45, 7) is 1.88. The summed E-state index contributed by atoms with van der Waals surface area (Å²) in [6.07, 6.45) is 2.40. The molecule has 0 bridgehead atoms. The van der Waals surface area contributed by atoms with Crippen LogP contribution in [0.1, 0.15) is 13.3 Å². The van der Waals surface area contributed by atoms with Gasteiger partial charge in [0.1, 0.15) is 0 Å². The van der Waals surface area contributed by atoms with Crippen LogP contribution in [-0.2, 0) is 4.79 Å². The average molecular weight is 114 g/mol. The predicted octanol–water partition coefficient (Wildman–Crippen LogP) is 0.689. The van der Waals surface area contributed by atoms with Gasteiger partial charge in [-0.2, -0.15) is 0 Å². The van der Waals surface area contributed by atoms with Crippen LogP contribution in [0.2, 0.25) is 0 Å². The van der Waals surface area contributed by atoms with Crippen molar-refractivity contribution in [2.75, 3.05) is 14.1 Å². The highest BCUT2D eigenvalue weighted by Crippen LogP contribution is 1.88. The Labute approximate surface area is 50.5 Å². The maximum Gasteiger partial charge on any atom is 0.222 e. The summed E-state index contributed by atoms with van der Waals surface area (Å²) >= 11 is 0. The second kappa shape index (κ2) is 3.47. The first-order valence-corrected chi connectivity index (χ1v) is 2.66. The second-order valence-electron chi connectivity index (χ2n) is 1.90. The van der Waals surface area contributed by atoms with E-state index < -0.39 is 0 Å². The standard InChI is InChI=1S/C6H12NO/c1-4-5-6(8)7(2)3/h4H,5H2,1-3H3. The minimum atomic E-state index is 0.160. The molecular formula is C6H12NO. The van der Waals surface area contributed by atoms with Gasteiger partial charge in [-0.25, -0.2) is 0 Å². The van der Waals surface area contributed by atoms with Crippen LogP contribution in [0.15, 0.2) is 0 Å². The summed E-state index contributed by atoms with van der Waals surface area (Å²) in [4.78, 5) is 12.2. The fourth-order valence-corrected chi connectivity index (χ4v) is 0.357. The zero-order chi connectivity index (χ0) is 6.57. The third-order valence-corrected chi connectivity index (χ3v) is 0.878. The van der Waals surface area contributed by atoms with E-state index in [1.807, 2.05) is 13.3 Å². The van der Waals surface area contributed by atoms with Gasteiger partial charge >= 0.3 is 0 Å². The molecule has 1 radical (unpaired) electrons. The Kier molecular flexibility index (Phi) is 3.24. The van der Waals surface area contributed by atoms with Gasteiger partial charge in [0, 0.05) is 20.5 Å². The number of rotatable bonds is 2. The summed E-state index contributed by atoms with van der Waals surface area (Å²) in [5, 5.41) is 0. The van der Waals surface area contributed by atoms with E-state index in [1.54, 1.807) is 19.0 Å². The van der Waals surface area contributed by atoms with E-state index in [-0.39, 0.29) is 5.91 Å². The molecule has 2 nitrogen and oxygen atoms in total. The van der Waals surface area contributed by atoms with Crippen LogP contribution in [0.25, 0.3) is 0 Å². The monoisotopic (exact) mass is 114 g/mol. The van der Waals surface area contributed by atoms with Crippen LogP contribution in [0.3, 0.4) is 0 Å². The minimum absolute atomic E-state index is 0.160. The first kappa shape index (κ1) is 7.47. The van der Waals surface area contributed by atoms with E-state index in [9.17, 15) is 4.79 Å². The van der Waals surface area contributed by atoms with Gasteiger partial charge < -0.3 is 4.90 Å². The first-order chi connectivity index (χ1) is 3.68. The number of nitrogens with zero attached hydrogens (tertiary/aromatic N) is 1. The fraction of sp³-hybridized carbons (Fsp3) is 0.667. The van der Waals surface area contributed by atoms with Crippen molar-refractivity contribution in [1.29, 1.82) is 0 Å². The molecule has 0 aliphatic heterocycles. The van der Waals surface area contributed by atoms with E-state index in [0.29, 0.717) is 6.42 Å². The molecule has 0 spiro atoms. The summed E-state index contributed by atoms with van der Waals surface area (Å²) in [7, 11) is 3.51. The molecule has 0 aromatic carbocycles. The Balaban J connectivity index is 3.33. The number of amides is 1. The lowest BCUT2D eigenvalue weighted by molar-refractivity contribution is -0.128. The third-order valence-electron chi connectivity index (χ3n) is 0.878. The molecule has 0 unspecified atom stereocenters. The SMILES string of the molecule is C[CH]CC(=O)N(C)C. The Morgan fingerprint density at radius 2 is 2.12 bits per heavy atom. The molecule has 0 aromatic heterocycles. The lowest BCUT2D eigenvalue weighted by Gasteiger charge is -2.07. The van der Waals surface area contributed by atoms with Crippen molar-refractivity contribution >= 4 is 5.91 Å². The fourth-order valence-electron chi connectivity index (χ4n) is 0.357. The van der Waals surface area contributed by atoms with Crippen molar-refractivity contribution in [3.63, 3.8) is 0 Å². The van der Waals surface area contributed by atoms with Gasteiger partial charge in [0.15, 0.2) is 0 Å². The molecule has 0 fully saturated rings. The smallest absolute Gasteiger partial charge is 0.222 e. The average Bonchev–Trinajstić information content (AvgIpc) is 1.67. The van der Waals surface area contributed by atoms with Crippen LogP contribution in [0, 0.1) is 6.42 Å². The Hall–Kier alpha value is -0.530. The van der Waals surface area contributed by atoms with Crippen molar-refractivity contribution in [2.24, 2.45) is 0 Å². The predicted molar refractivity (Wildman–Crippen MR) is 33.3 cm³/mol. The Bertz CT molecular complexity index is 78.6. The van der Waals surface area contributed by atoms with Gasteiger partial charge in [-0.3, -0.25) is 4.79 Å². The van der Waals surface area contributed by atoms with Gasteiger partial charge in [0.05, 0.1) is 0 Å². The molecule has 8 heavy (non-hydrogen) atoms. The molecule has 1 amide bonds. The van der Waals surface area contributed by atoms with E-state index in [0.717, 1.165) is 0 Å². The van der Waals surface area contributed by atoms with Crippen LogP contribution in [0.5, 0.6) is 0 Å². The van der Waals surface area contributed by atoms with Crippen LogP contribution in [-0.4, -0.2) is 24.9 Å².